The van der Waals surface area contributed by atoms with Gasteiger partial charge in [-0.1, -0.05) is 11.6 Å². The monoisotopic (exact) mass is 435 g/mol. The summed E-state index contributed by atoms with van der Waals surface area (Å²) in [4.78, 5) is 38.2. The fourth-order valence-corrected chi connectivity index (χ4v) is 4.05. The Morgan fingerprint density at radius 1 is 1.21 bits per heavy atom. The highest BCUT2D eigenvalue weighted by Gasteiger charge is 2.44. The van der Waals surface area contributed by atoms with E-state index < -0.39 is 30.4 Å². The first-order valence-electron chi connectivity index (χ1n) is 8.63. The number of hydrogen-bond acceptors (Lipinski definition) is 9. The summed E-state index contributed by atoms with van der Waals surface area (Å²) in [6.07, 6.45) is -1.14. The van der Waals surface area contributed by atoms with E-state index in [-0.39, 0.29) is 5.15 Å². The van der Waals surface area contributed by atoms with Crippen LogP contribution in [-0.4, -0.2) is 43.7 Å². The van der Waals surface area contributed by atoms with E-state index in [9.17, 15) is 9.59 Å². The van der Waals surface area contributed by atoms with Crippen LogP contribution in [-0.2, 0) is 23.8 Å². The molecular formula is C18H16ClN4O5S. The summed E-state index contributed by atoms with van der Waals surface area (Å²) in [6, 6.07) is 3.88. The lowest BCUT2D eigenvalue weighted by molar-refractivity contribution is -0.164. The van der Waals surface area contributed by atoms with Crippen molar-refractivity contribution in [1.29, 1.82) is 0 Å². The predicted molar refractivity (Wildman–Crippen MR) is 104 cm³/mol. The van der Waals surface area contributed by atoms with Gasteiger partial charge in [-0.2, -0.15) is 0 Å². The molecule has 0 unspecified atom stereocenters. The Morgan fingerprint density at radius 2 is 1.97 bits per heavy atom. The van der Waals surface area contributed by atoms with Crippen LogP contribution in [0.1, 0.15) is 25.0 Å². The van der Waals surface area contributed by atoms with E-state index in [1.807, 2.05) is 19.1 Å². The summed E-state index contributed by atoms with van der Waals surface area (Å²) < 4.78 is 17.8. The number of rotatable bonds is 4. The molecule has 151 valence electrons. The van der Waals surface area contributed by atoms with Gasteiger partial charge >= 0.3 is 11.9 Å². The Bertz CT molecular complexity index is 1100. The third kappa shape index (κ3) is 3.83. The SMILES string of the molecule is CC(=O)O[C@H]1[C@H](n2cnc3c(Cl)nc(-c4ccc(C)s4)nc32)O[CH][C@H]1OC(C)=O. The number of fused-ring (bicyclic) bond motifs is 1. The van der Waals surface area contributed by atoms with Crippen LogP contribution in [0.5, 0.6) is 0 Å². The molecule has 0 aromatic carbocycles. The highest BCUT2D eigenvalue weighted by atomic mass is 35.5. The number of hydrogen-bond donors (Lipinski definition) is 0. The molecule has 4 rings (SSSR count). The first-order valence-corrected chi connectivity index (χ1v) is 9.83. The van der Waals surface area contributed by atoms with Crippen molar-refractivity contribution in [2.45, 2.75) is 39.2 Å². The van der Waals surface area contributed by atoms with Gasteiger partial charge in [-0.25, -0.2) is 15.0 Å². The van der Waals surface area contributed by atoms with Crippen LogP contribution < -0.4 is 0 Å². The van der Waals surface area contributed by atoms with Crippen molar-refractivity contribution in [3.8, 4) is 10.7 Å². The van der Waals surface area contributed by atoms with E-state index in [1.165, 1.54) is 38.1 Å². The normalized spacial score (nSPS) is 21.4. The van der Waals surface area contributed by atoms with Crippen molar-refractivity contribution < 1.29 is 23.8 Å². The fourth-order valence-electron chi connectivity index (χ4n) is 3.04. The molecule has 0 bridgehead atoms. The van der Waals surface area contributed by atoms with Crippen molar-refractivity contribution in [2.24, 2.45) is 0 Å². The molecule has 0 amide bonds. The van der Waals surface area contributed by atoms with E-state index in [0.29, 0.717) is 17.0 Å². The second-order valence-corrected chi connectivity index (χ2v) is 8.03. The third-order valence-electron chi connectivity index (χ3n) is 4.17. The Balaban J connectivity index is 1.77. The topological polar surface area (TPSA) is 105 Å². The van der Waals surface area contributed by atoms with Gasteiger partial charge in [-0.05, 0) is 19.1 Å². The summed E-state index contributed by atoms with van der Waals surface area (Å²) >= 11 is 7.87. The Kier molecular flexibility index (Phi) is 5.24. The number of nitrogens with zero attached hydrogens (tertiary/aromatic N) is 4. The number of aromatic nitrogens is 4. The zero-order valence-corrected chi connectivity index (χ0v) is 17.2. The van der Waals surface area contributed by atoms with E-state index >= 15 is 0 Å². The van der Waals surface area contributed by atoms with Gasteiger partial charge in [-0.15, -0.1) is 11.3 Å². The molecule has 1 saturated heterocycles. The average molecular weight is 436 g/mol. The number of esters is 2. The van der Waals surface area contributed by atoms with Crippen LogP contribution in [0.4, 0.5) is 0 Å². The highest BCUT2D eigenvalue weighted by molar-refractivity contribution is 7.15. The maximum absolute atomic E-state index is 11.6. The van der Waals surface area contributed by atoms with E-state index in [4.69, 9.17) is 25.8 Å². The van der Waals surface area contributed by atoms with Crippen molar-refractivity contribution >= 4 is 46.0 Å². The molecule has 3 atom stereocenters. The molecule has 11 heteroatoms. The maximum atomic E-state index is 11.6. The standard InChI is InChI=1S/C18H16ClN4O5S/c1-8-4-5-12(29-8)16-21-15(19)13-17(22-16)23(7-20-13)18-14(28-10(3)25)11(6-26-18)27-9(2)24/h4-7,11,14,18H,1-3H3/t11-,14-,18-/m1/s1. The first-order chi connectivity index (χ1) is 13.8. The van der Waals surface area contributed by atoms with Crippen LogP contribution >= 0.6 is 22.9 Å². The zero-order chi connectivity index (χ0) is 20.7. The molecule has 29 heavy (non-hydrogen) atoms. The minimum atomic E-state index is -0.907. The fraction of sp³-hybridized carbons (Fsp3) is 0.333. The predicted octanol–water partition coefficient (Wildman–Crippen LogP) is 3.07. The quantitative estimate of drug-likeness (QED) is 0.454. The summed E-state index contributed by atoms with van der Waals surface area (Å²) in [7, 11) is 0. The largest absolute Gasteiger partial charge is 0.455 e. The number of carbonyl (C=O) groups is 2. The van der Waals surface area contributed by atoms with Gasteiger partial charge in [0.1, 0.15) is 12.1 Å². The van der Waals surface area contributed by atoms with E-state index in [0.717, 1.165) is 9.75 Å². The van der Waals surface area contributed by atoms with Crippen molar-refractivity contribution in [1.82, 2.24) is 19.5 Å². The zero-order valence-electron chi connectivity index (χ0n) is 15.7. The number of aryl methyl sites for hydroxylation is 1. The molecule has 0 N–H and O–H groups in total. The lowest BCUT2D eigenvalue weighted by Gasteiger charge is -2.23. The molecular weight excluding hydrogens is 420 g/mol. The van der Waals surface area contributed by atoms with Gasteiger partial charge in [0, 0.05) is 18.7 Å². The molecule has 0 aliphatic carbocycles. The summed E-state index contributed by atoms with van der Waals surface area (Å²) in [5.41, 5.74) is 0.787. The Labute approximate surface area is 174 Å². The van der Waals surface area contributed by atoms with Gasteiger partial charge < -0.3 is 14.2 Å². The molecule has 0 saturated carbocycles. The molecule has 3 aromatic heterocycles. The maximum Gasteiger partial charge on any atom is 0.303 e. The molecule has 1 aliphatic heterocycles. The van der Waals surface area contributed by atoms with Gasteiger partial charge in [-0.3, -0.25) is 14.2 Å². The lowest BCUT2D eigenvalue weighted by Crippen LogP contribution is -2.35. The van der Waals surface area contributed by atoms with Gasteiger partial charge in [0.2, 0.25) is 0 Å². The van der Waals surface area contributed by atoms with Crippen LogP contribution in [0.15, 0.2) is 18.5 Å². The van der Waals surface area contributed by atoms with Crippen LogP contribution in [0.2, 0.25) is 5.15 Å². The number of halogens is 1. The number of carbonyl (C=O) groups excluding carboxylic acids is 2. The highest BCUT2D eigenvalue weighted by Crippen LogP contribution is 2.35. The van der Waals surface area contributed by atoms with Crippen molar-refractivity contribution in [3.63, 3.8) is 0 Å². The van der Waals surface area contributed by atoms with E-state index in [1.54, 1.807) is 4.57 Å². The van der Waals surface area contributed by atoms with Crippen molar-refractivity contribution in [2.75, 3.05) is 0 Å². The van der Waals surface area contributed by atoms with Crippen LogP contribution in [0.3, 0.4) is 0 Å². The lowest BCUT2D eigenvalue weighted by atomic mass is 10.2. The molecule has 4 heterocycles. The van der Waals surface area contributed by atoms with Gasteiger partial charge in [0.15, 0.2) is 35.1 Å². The number of ether oxygens (including phenoxy) is 3. The van der Waals surface area contributed by atoms with Gasteiger partial charge in [0.05, 0.1) is 11.2 Å². The summed E-state index contributed by atoms with van der Waals surface area (Å²) in [5.74, 6) is -0.614. The molecule has 1 radical (unpaired) electrons. The molecule has 0 spiro atoms. The minimum Gasteiger partial charge on any atom is -0.455 e. The molecule has 9 nitrogen and oxygen atoms in total. The summed E-state index contributed by atoms with van der Waals surface area (Å²) in [5, 5.41) is 0.192. The smallest absolute Gasteiger partial charge is 0.303 e. The second kappa shape index (κ2) is 7.69. The number of imidazole rings is 1. The summed E-state index contributed by atoms with van der Waals surface area (Å²) in [6.45, 7) is 5.83. The number of thiophene rings is 1. The Hall–Kier alpha value is -2.56. The second-order valence-electron chi connectivity index (χ2n) is 6.38. The van der Waals surface area contributed by atoms with Gasteiger partial charge in [0.25, 0.3) is 0 Å². The first kappa shape index (κ1) is 19.7. The van der Waals surface area contributed by atoms with Crippen molar-refractivity contribution in [3.05, 3.63) is 35.1 Å². The third-order valence-corrected chi connectivity index (χ3v) is 5.43. The minimum absolute atomic E-state index is 0.192. The van der Waals surface area contributed by atoms with Crippen LogP contribution in [0.25, 0.3) is 21.9 Å². The Morgan fingerprint density at radius 3 is 2.62 bits per heavy atom. The van der Waals surface area contributed by atoms with Crippen LogP contribution in [0, 0.1) is 13.5 Å². The van der Waals surface area contributed by atoms with E-state index in [2.05, 4.69) is 15.0 Å². The average Bonchev–Trinajstić information content (AvgIpc) is 3.34. The molecule has 1 fully saturated rings. The molecule has 1 aliphatic rings. The molecule has 3 aromatic rings.